The van der Waals surface area contributed by atoms with E-state index in [0.29, 0.717) is 24.6 Å². The Balaban J connectivity index is 2.41. The van der Waals surface area contributed by atoms with Gasteiger partial charge in [0.1, 0.15) is 11.6 Å². The molecule has 0 aliphatic heterocycles. The summed E-state index contributed by atoms with van der Waals surface area (Å²) in [6, 6.07) is 0. The first-order valence-electron chi connectivity index (χ1n) is 5.13. The van der Waals surface area contributed by atoms with Gasteiger partial charge in [0.25, 0.3) is 0 Å². The van der Waals surface area contributed by atoms with Crippen LogP contribution in [0.15, 0.2) is 12.4 Å². The minimum Gasteiger partial charge on any atom is -0.469 e. The van der Waals surface area contributed by atoms with Crippen LogP contribution in [0.2, 0.25) is 0 Å². The second kappa shape index (κ2) is 6.60. The van der Waals surface area contributed by atoms with E-state index in [2.05, 4.69) is 25.3 Å². The lowest BCUT2D eigenvalue weighted by Crippen LogP contribution is -2.11. The van der Waals surface area contributed by atoms with Gasteiger partial charge in [-0.05, 0) is 6.92 Å². The molecule has 0 aliphatic rings. The Bertz CT molecular complexity index is 343. The Morgan fingerprint density at radius 3 is 2.69 bits per heavy atom. The van der Waals surface area contributed by atoms with E-state index < -0.39 is 0 Å². The highest BCUT2D eigenvalue weighted by molar-refractivity contribution is 5.69. The number of carbonyl (C=O) groups excluding carboxylic acids is 1. The maximum atomic E-state index is 10.9. The molecule has 0 unspecified atom stereocenters. The number of nitrogens with zero attached hydrogens (tertiary/aromatic N) is 2. The summed E-state index contributed by atoms with van der Waals surface area (Å²) in [4.78, 5) is 19.1. The Morgan fingerprint density at radius 1 is 1.38 bits per heavy atom. The van der Waals surface area contributed by atoms with E-state index in [1.807, 2.05) is 6.92 Å². The van der Waals surface area contributed by atoms with Crippen molar-refractivity contribution in [2.24, 2.45) is 0 Å². The lowest BCUT2D eigenvalue weighted by atomic mass is 10.4. The SMILES string of the molecule is CCNc1cncc(NCCC(=O)OC)n1. The molecule has 1 heterocycles. The van der Waals surface area contributed by atoms with Gasteiger partial charge in [0.05, 0.1) is 25.9 Å². The number of hydrogen-bond donors (Lipinski definition) is 2. The molecule has 0 saturated heterocycles. The highest BCUT2D eigenvalue weighted by Crippen LogP contribution is 2.05. The van der Waals surface area contributed by atoms with Crippen LogP contribution in [-0.2, 0) is 9.53 Å². The second-order valence-corrected chi connectivity index (χ2v) is 3.07. The maximum absolute atomic E-state index is 10.9. The van der Waals surface area contributed by atoms with Crippen LogP contribution < -0.4 is 10.6 Å². The summed E-state index contributed by atoms with van der Waals surface area (Å²) < 4.78 is 4.52. The molecule has 1 aromatic rings. The fourth-order valence-electron chi connectivity index (χ4n) is 1.11. The van der Waals surface area contributed by atoms with Crippen molar-refractivity contribution in [2.75, 3.05) is 30.8 Å². The van der Waals surface area contributed by atoms with Gasteiger partial charge in [0, 0.05) is 13.1 Å². The van der Waals surface area contributed by atoms with Crippen molar-refractivity contribution in [1.29, 1.82) is 0 Å². The number of aromatic nitrogens is 2. The van der Waals surface area contributed by atoms with Crippen molar-refractivity contribution in [3.63, 3.8) is 0 Å². The molecular formula is C10H16N4O2. The maximum Gasteiger partial charge on any atom is 0.307 e. The standard InChI is InChI=1S/C10H16N4O2/c1-3-12-8-6-11-7-9(14-8)13-5-4-10(15)16-2/h6-7H,3-5H2,1-2H3,(H2,12,13,14). The van der Waals surface area contributed by atoms with Crippen LogP contribution in [0.4, 0.5) is 11.6 Å². The van der Waals surface area contributed by atoms with E-state index in [1.165, 1.54) is 7.11 Å². The van der Waals surface area contributed by atoms with Crippen LogP contribution in [0, 0.1) is 0 Å². The van der Waals surface area contributed by atoms with E-state index in [9.17, 15) is 4.79 Å². The zero-order chi connectivity index (χ0) is 11.8. The van der Waals surface area contributed by atoms with Crippen LogP contribution in [-0.4, -0.2) is 36.1 Å². The van der Waals surface area contributed by atoms with Crippen molar-refractivity contribution >= 4 is 17.6 Å². The zero-order valence-electron chi connectivity index (χ0n) is 9.49. The predicted octanol–water partition coefficient (Wildman–Crippen LogP) is 0.883. The summed E-state index contributed by atoms with van der Waals surface area (Å²) in [6.07, 6.45) is 3.57. The lowest BCUT2D eigenvalue weighted by Gasteiger charge is -2.06. The first-order valence-corrected chi connectivity index (χ1v) is 5.13. The van der Waals surface area contributed by atoms with E-state index in [0.717, 1.165) is 6.54 Å². The Morgan fingerprint density at radius 2 is 2.06 bits per heavy atom. The summed E-state index contributed by atoms with van der Waals surface area (Å²) in [5.41, 5.74) is 0. The topological polar surface area (TPSA) is 76.1 Å². The molecule has 88 valence electrons. The quantitative estimate of drug-likeness (QED) is 0.699. The van der Waals surface area contributed by atoms with Crippen LogP contribution in [0.25, 0.3) is 0 Å². The smallest absolute Gasteiger partial charge is 0.307 e. The third-order valence-corrected chi connectivity index (χ3v) is 1.86. The fraction of sp³-hybridized carbons (Fsp3) is 0.500. The van der Waals surface area contributed by atoms with Gasteiger partial charge in [0.2, 0.25) is 0 Å². The molecule has 0 amide bonds. The lowest BCUT2D eigenvalue weighted by molar-refractivity contribution is -0.140. The van der Waals surface area contributed by atoms with Gasteiger partial charge in [-0.3, -0.25) is 9.78 Å². The van der Waals surface area contributed by atoms with E-state index in [1.54, 1.807) is 12.4 Å². The summed E-state index contributed by atoms with van der Waals surface area (Å²) in [6.45, 7) is 3.26. The first-order chi connectivity index (χ1) is 7.76. The molecular weight excluding hydrogens is 208 g/mol. The minimum absolute atomic E-state index is 0.247. The summed E-state index contributed by atoms with van der Waals surface area (Å²) in [5.74, 6) is 1.11. The molecule has 0 atom stereocenters. The number of methoxy groups -OCH3 is 1. The second-order valence-electron chi connectivity index (χ2n) is 3.07. The zero-order valence-corrected chi connectivity index (χ0v) is 9.49. The molecule has 0 fully saturated rings. The molecule has 0 aromatic carbocycles. The number of rotatable bonds is 6. The van der Waals surface area contributed by atoms with E-state index in [4.69, 9.17) is 0 Å². The molecule has 0 saturated carbocycles. The Hall–Kier alpha value is -1.85. The molecule has 6 heteroatoms. The average molecular weight is 224 g/mol. The van der Waals surface area contributed by atoms with Crippen LogP contribution in [0.5, 0.6) is 0 Å². The minimum atomic E-state index is -0.247. The third-order valence-electron chi connectivity index (χ3n) is 1.86. The van der Waals surface area contributed by atoms with Gasteiger partial charge in [-0.25, -0.2) is 4.98 Å². The monoisotopic (exact) mass is 224 g/mol. The van der Waals surface area contributed by atoms with Crippen molar-refractivity contribution in [1.82, 2.24) is 9.97 Å². The summed E-state index contributed by atoms with van der Waals surface area (Å²) in [7, 11) is 1.37. The molecule has 2 N–H and O–H groups in total. The highest BCUT2D eigenvalue weighted by atomic mass is 16.5. The number of hydrogen-bond acceptors (Lipinski definition) is 6. The van der Waals surface area contributed by atoms with Crippen LogP contribution in [0.1, 0.15) is 13.3 Å². The largest absolute Gasteiger partial charge is 0.469 e. The molecule has 0 bridgehead atoms. The highest BCUT2D eigenvalue weighted by Gasteiger charge is 2.01. The van der Waals surface area contributed by atoms with Crippen LogP contribution in [0.3, 0.4) is 0 Å². The molecule has 1 rings (SSSR count). The summed E-state index contributed by atoms with van der Waals surface area (Å²) >= 11 is 0. The van der Waals surface area contributed by atoms with E-state index >= 15 is 0 Å². The molecule has 6 nitrogen and oxygen atoms in total. The van der Waals surface area contributed by atoms with Crippen LogP contribution >= 0.6 is 0 Å². The van der Waals surface area contributed by atoms with Gasteiger partial charge >= 0.3 is 5.97 Å². The number of nitrogens with one attached hydrogen (secondary N) is 2. The van der Waals surface area contributed by atoms with Gasteiger partial charge in [-0.15, -0.1) is 0 Å². The summed E-state index contributed by atoms with van der Waals surface area (Å²) in [5, 5.41) is 6.05. The van der Waals surface area contributed by atoms with Gasteiger partial charge in [-0.1, -0.05) is 0 Å². The van der Waals surface area contributed by atoms with E-state index in [-0.39, 0.29) is 5.97 Å². The number of esters is 1. The van der Waals surface area contributed by atoms with Gasteiger partial charge < -0.3 is 15.4 Å². The molecule has 0 radical (unpaired) electrons. The van der Waals surface area contributed by atoms with Crippen molar-refractivity contribution in [3.8, 4) is 0 Å². The van der Waals surface area contributed by atoms with Crippen molar-refractivity contribution in [3.05, 3.63) is 12.4 Å². The normalized spacial score (nSPS) is 9.62. The Labute approximate surface area is 94.4 Å². The average Bonchev–Trinajstić information content (AvgIpc) is 2.30. The number of ether oxygens (including phenoxy) is 1. The number of carbonyl (C=O) groups is 1. The van der Waals surface area contributed by atoms with Crippen molar-refractivity contribution in [2.45, 2.75) is 13.3 Å². The van der Waals surface area contributed by atoms with Crippen molar-refractivity contribution < 1.29 is 9.53 Å². The molecule has 0 aliphatic carbocycles. The van der Waals surface area contributed by atoms with Gasteiger partial charge in [-0.2, -0.15) is 0 Å². The molecule has 1 aromatic heterocycles. The van der Waals surface area contributed by atoms with Gasteiger partial charge in [0.15, 0.2) is 0 Å². The molecule has 16 heavy (non-hydrogen) atoms. The predicted molar refractivity (Wildman–Crippen MR) is 61.3 cm³/mol. The molecule has 0 spiro atoms. The third kappa shape index (κ3) is 4.12. The Kier molecular flexibility index (Phi) is 5.04. The fourth-order valence-corrected chi connectivity index (χ4v) is 1.11. The first kappa shape index (κ1) is 12.2. The number of anilines is 2.